The van der Waals surface area contributed by atoms with Crippen molar-refractivity contribution >= 4 is 39.9 Å². The second-order valence-electron chi connectivity index (χ2n) is 5.63. The van der Waals surface area contributed by atoms with Gasteiger partial charge in [0.1, 0.15) is 11.4 Å². The quantitative estimate of drug-likeness (QED) is 0.881. The Hall–Kier alpha value is -1.44. The minimum absolute atomic E-state index is 0. The summed E-state index contributed by atoms with van der Waals surface area (Å²) < 4.78 is 1.43. The number of hydrogen-bond acceptors (Lipinski definition) is 5. The number of carbonyl (C=O) groups is 1. The van der Waals surface area contributed by atoms with Crippen LogP contribution >= 0.6 is 23.7 Å². The molecule has 1 aliphatic heterocycles. The summed E-state index contributed by atoms with van der Waals surface area (Å²) in [4.78, 5) is 33.0. The standard InChI is InChI=1S/C15H20N4O2S.ClH/c1-10-11(2)22-14-13(10)15(21)19(9-17-14)8-12(20)18-6-3-4-16-5-7-18;/h9,16H,3-8H2,1-2H3;1H. The van der Waals surface area contributed by atoms with E-state index in [1.54, 1.807) is 0 Å². The average Bonchev–Trinajstić information content (AvgIpc) is 2.71. The van der Waals surface area contributed by atoms with E-state index in [4.69, 9.17) is 0 Å². The normalized spacial score (nSPS) is 15.3. The van der Waals surface area contributed by atoms with Gasteiger partial charge in [0.25, 0.3) is 5.56 Å². The Morgan fingerprint density at radius 1 is 1.35 bits per heavy atom. The molecule has 126 valence electrons. The summed E-state index contributed by atoms with van der Waals surface area (Å²) in [6, 6.07) is 0. The zero-order chi connectivity index (χ0) is 15.7. The first-order valence-corrected chi connectivity index (χ1v) is 8.33. The van der Waals surface area contributed by atoms with Gasteiger partial charge in [-0.05, 0) is 32.4 Å². The van der Waals surface area contributed by atoms with Crippen LogP contribution in [-0.2, 0) is 11.3 Å². The van der Waals surface area contributed by atoms with Crippen LogP contribution in [0.4, 0.5) is 0 Å². The average molecular weight is 357 g/mol. The van der Waals surface area contributed by atoms with Crippen LogP contribution in [0.15, 0.2) is 11.1 Å². The minimum atomic E-state index is -0.117. The molecule has 1 saturated heterocycles. The molecule has 6 nitrogen and oxygen atoms in total. The number of amides is 1. The molecule has 1 amide bonds. The first-order valence-electron chi connectivity index (χ1n) is 7.51. The summed E-state index contributed by atoms with van der Waals surface area (Å²) in [5.74, 6) is -0.0171. The number of aryl methyl sites for hydroxylation is 2. The smallest absolute Gasteiger partial charge is 0.262 e. The van der Waals surface area contributed by atoms with Gasteiger partial charge in [-0.2, -0.15) is 0 Å². The Bertz CT molecular complexity index is 763. The highest BCUT2D eigenvalue weighted by atomic mass is 35.5. The minimum Gasteiger partial charge on any atom is -0.340 e. The topological polar surface area (TPSA) is 67.2 Å². The maximum Gasteiger partial charge on any atom is 0.262 e. The second kappa shape index (κ2) is 7.42. The second-order valence-corrected chi connectivity index (χ2v) is 6.83. The van der Waals surface area contributed by atoms with Crippen molar-refractivity contribution in [3.05, 3.63) is 27.1 Å². The number of halogens is 1. The molecule has 0 spiro atoms. The van der Waals surface area contributed by atoms with Crippen molar-refractivity contribution in [2.75, 3.05) is 26.2 Å². The summed E-state index contributed by atoms with van der Waals surface area (Å²) in [6.07, 6.45) is 2.44. The van der Waals surface area contributed by atoms with E-state index in [-0.39, 0.29) is 30.4 Å². The number of fused-ring (bicyclic) bond motifs is 1. The highest BCUT2D eigenvalue weighted by Gasteiger charge is 2.18. The molecule has 0 unspecified atom stereocenters. The van der Waals surface area contributed by atoms with Gasteiger partial charge in [0.05, 0.1) is 11.7 Å². The molecule has 0 atom stereocenters. The molecular formula is C15H21ClN4O2S. The van der Waals surface area contributed by atoms with Gasteiger partial charge in [-0.25, -0.2) is 4.98 Å². The maximum atomic E-state index is 12.6. The summed E-state index contributed by atoms with van der Waals surface area (Å²) in [6.45, 7) is 7.17. The molecule has 1 aliphatic rings. The van der Waals surface area contributed by atoms with Crippen molar-refractivity contribution in [1.82, 2.24) is 19.8 Å². The molecule has 0 radical (unpaired) electrons. The van der Waals surface area contributed by atoms with Crippen molar-refractivity contribution in [3.63, 3.8) is 0 Å². The van der Waals surface area contributed by atoms with Gasteiger partial charge in [-0.3, -0.25) is 14.2 Å². The van der Waals surface area contributed by atoms with Gasteiger partial charge in [0.2, 0.25) is 5.91 Å². The van der Waals surface area contributed by atoms with E-state index in [9.17, 15) is 9.59 Å². The lowest BCUT2D eigenvalue weighted by molar-refractivity contribution is -0.131. The molecule has 1 N–H and O–H groups in total. The van der Waals surface area contributed by atoms with Crippen molar-refractivity contribution in [3.8, 4) is 0 Å². The lowest BCUT2D eigenvalue weighted by Crippen LogP contribution is -2.38. The van der Waals surface area contributed by atoms with E-state index in [1.165, 1.54) is 22.2 Å². The van der Waals surface area contributed by atoms with Crippen LogP contribution in [-0.4, -0.2) is 46.5 Å². The summed E-state index contributed by atoms with van der Waals surface area (Å²) in [5.41, 5.74) is 0.853. The van der Waals surface area contributed by atoms with Crippen LogP contribution < -0.4 is 10.9 Å². The van der Waals surface area contributed by atoms with Crippen molar-refractivity contribution in [2.24, 2.45) is 0 Å². The largest absolute Gasteiger partial charge is 0.340 e. The van der Waals surface area contributed by atoms with Crippen LogP contribution in [0.2, 0.25) is 0 Å². The molecule has 0 saturated carbocycles. The fourth-order valence-electron chi connectivity index (χ4n) is 2.72. The molecule has 0 aliphatic carbocycles. The van der Waals surface area contributed by atoms with Crippen molar-refractivity contribution in [2.45, 2.75) is 26.8 Å². The maximum absolute atomic E-state index is 12.6. The fourth-order valence-corrected chi connectivity index (χ4v) is 3.71. The molecule has 1 fully saturated rings. The van der Waals surface area contributed by atoms with Crippen LogP contribution in [0.5, 0.6) is 0 Å². The number of carbonyl (C=O) groups excluding carboxylic acids is 1. The SMILES string of the molecule is Cc1sc2ncn(CC(=O)N3CCCNCC3)c(=O)c2c1C.Cl. The zero-order valence-corrected chi connectivity index (χ0v) is 14.9. The first-order chi connectivity index (χ1) is 10.6. The fraction of sp³-hybridized carbons (Fsp3) is 0.533. The highest BCUT2D eigenvalue weighted by Crippen LogP contribution is 2.25. The Labute approximate surface area is 144 Å². The molecule has 2 aromatic heterocycles. The van der Waals surface area contributed by atoms with Crippen LogP contribution in [0.3, 0.4) is 0 Å². The zero-order valence-electron chi connectivity index (χ0n) is 13.3. The van der Waals surface area contributed by atoms with Crippen LogP contribution in [0.1, 0.15) is 16.9 Å². The van der Waals surface area contributed by atoms with E-state index < -0.39 is 0 Å². The van der Waals surface area contributed by atoms with Gasteiger partial charge in [0, 0.05) is 24.5 Å². The van der Waals surface area contributed by atoms with Crippen LogP contribution in [0.25, 0.3) is 10.2 Å². The number of rotatable bonds is 2. The van der Waals surface area contributed by atoms with E-state index >= 15 is 0 Å². The van der Waals surface area contributed by atoms with Gasteiger partial charge in [-0.15, -0.1) is 23.7 Å². The third kappa shape index (κ3) is 3.57. The molecular weight excluding hydrogens is 336 g/mol. The number of thiophene rings is 1. The molecule has 0 bridgehead atoms. The van der Waals surface area contributed by atoms with Gasteiger partial charge < -0.3 is 10.2 Å². The van der Waals surface area contributed by atoms with E-state index in [0.29, 0.717) is 11.9 Å². The molecule has 3 rings (SSSR count). The Kier molecular flexibility index (Phi) is 5.78. The number of nitrogens with zero attached hydrogens (tertiary/aromatic N) is 3. The third-order valence-electron chi connectivity index (χ3n) is 4.15. The monoisotopic (exact) mass is 356 g/mol. The van der Waals surface area contributed by atoms with Gasteiger partial charge >= 0.3 is 0 Å². The summed E-state index contributed by atoms with van der Waals surface area (Å²) >= 11 is 1.52. The van der Waals surface area contributed by atoms with Gasteiger partial charge in [-0.1, -0.05) is 0 Å². The highest BCUT2D eigenvalue weighted by molar-refractivity contribution is 7.18. The van der Waals surface area contributed by atoms with Crippen molar-refractivity contribution < 1.29 is 4.79 Å². The van der Waals surface area contributed by atoms with E-state index in [0.717, 1.165) is 41.3 Å². The molecule has 23 heavy (non-hydrogen) atoms. The van der Waals surface area contributed by atoms with E-state index in [1.807, 2.05) is 18.7 Å². The molecule has 0 aromatic carbocycles. The Morgan fingerprint density at radius 3 is 2.91 bits per heavy atom. The molecule has 3 heterocycles. The summed E-state index contributed by atoms with van der Waals surface area (Å²) in [7, 11) is 0. The van der Waals surface area contributed by atoms with Crippen molar-refractivity contribution in [1.29, 1.82) is 0 Å². The lowest BCUT2D eigenvalue weighted by atomic mass is 10.2. The summed E-state index contributed by atoms with van der Waals surface area (Å²) in [5, 5.41) is 3.92. The Balaban J connectivity index is 0.00000192. The molecule has 8 heteroatoms. The first kappa shape index (κ1) is 17.9. The Morgan fingerprint density at radius 2 is 2.13 bits per heavy atom. The lowest BCUT2D eigenvalue weighted by Gasteiger charge is -2.20. The number of nitrogens with one attached hydrogen (secondary N) is 1. The van der Waals surface area contributed by atoms with Gasteiger partial charge in [0.15, 0.2) is 0 Å². The van der Waals surface area contributed by atoms with Crippen LogP contribution in [0, 0.1) is 13.8 Å². The predicted molar refractivity (Wildman–Crippen MR) is 94.7 cm³/mol. The third-order valence-corrected chi connectivity index (χ3v) is 5.27. The van der Waals surface area contributed by atoms with E-state index in [2.05, 4.69) is 10.3 Å². The number of aromatic nitrogens is 2. The number of hydrogen-bond donors (Lipinski definition) is 1. The molecule has 2 aromatic rings. The predicted octanol–water partition coefficient (Wildman–Crippen LogP) is 1.32.